The molecule has 4 heterocycles. The van der Waals surface area contributed by atoms with Gasteiger partial charge in [-0.1, -0.05) is 12.1 Å². The molecule has 7 heteroatoms. The van der Waals surface area contributed by atoms with E-state index in [9.17, 15) is 9.59 Å². The van der Waals surface area contributed by atoms with Crippen molar-refractivity contribution in [2.45, 2.75) is 19.4 Å². The number of furan rings is 1. The summed E-state index contributed by atoms with van der Waals surface area (Å²) in [6.07, 6.45) is 3.51. The average molecular weight is 366 g/mol. The largest absolute Gasteiger partial charge is 0.448 e. The zero-order chi connectivity index (χ0) is 18.4. The smallest absolute Gasteiger partial charge is 0.297 e. The lowest BCUT2D eigenvalue weighted by molar-refractivity contribution is -0.131. The molecule has 1 amide bonds. The van der Waals surface area contributed by atoms with Gasteiger partial charge in [0.05, 0.1) is 6.33 Å². The fraction of sp³-hybridized carbons (Fsp3) is 0.450. The molecule has 5 rings (SSSR count). The van der Waals surface area contributed by atoms with Gasteiger partial charge in [0.25, 0.3) is 5.56 Å². The molecular weight excluding hydrogens is 344 g/mol. The summed E-state index contributed by atoms with van der Waals surface area (Å²) >= 11 is 0. The molecule has 2 fully saturated rings. The molecule has 2 aliphatic rings. The van der Waals surface area contributed by atoms with Crippen LogP contribution in [0.2, 0.25) is 0 Å². The van der Waals surface area contributed by atoms with Gasteiger partial charge < -0.3 is 14.6 Å². The van der Waals surface area contributed by atoms with Crippen LogP contribution in [0.15, 0.2) is 39.8 Å². The van der Waals surface area contributed by atoms with Crippen LogP contribution in [-0.4, -0.2) is 46.5 Å². The van der Waals surface area contributed by atoms with Crippen molar-refractivity contribution in [3.63, 3.8) is 0 Å². The lowest BCUT2D eigenvalue weighted by atomic mass is 9.92. The molecule has 2 aromatic heterocycles. The van der Waals surface area contributed by atoms with Crippen molar-refractivity contribution in [2.24, 2.45) is 11.8 Å². The highest BCUT2D eigenvalue weighted by molar-refractivity contribution is 6.01. The Bertz CT molecular complexity index is 1060. The molecular formula is C20H22N4O3. The van der Waals surface area contributed by atoms with Crippen LogP contribution in [0.25, 0.3) is 22.1 Å². The molecule has 0 aliphatic carbocycles. The van der Waals surface area contributed by atoms with Gasteiger partial charge in [-0.25, -0.2) is 4.98 Å². The van der Waals surface area contributed by atoms with Gasteiger partial charge in [0, 0.05) is 18.5 Å². The summed E-state index contributed by atoms with van der Waals surface area (Å²) in [7, 11) is 0. The molecule has 0 spiro atoms. The quantitative estimate of drug-likeness (QED) is 0.745. The van der Waals surface area contributed by atoms with Gasteiger partial charge in [-0.15, -0.1) is 0 Å². The maximum absolute atomic E-state index is 12.8. The molecule has 0 unspecified atom stereocenters. The fourth-order valence-corrected chi connectivity index (χ4v) is 4.44. The van der Waals surface area contributed by atoms with Crippen LogP contribution in [-0.2, 0) is 11.3 Å². The second kappa shape index (κ2) is 6.49. The molecule has 2 atom stereocenters. The van der Waals surface area contributed by atoms with Gasteiger partial charge in [0.1, 0.15) is 17.6 Å². The van der Waals surface area contributed by atoms with Crippen molar-refractivity contribution >= 4 is 28.0 Å². The Kier molecular flexibility index (Phi) is 3.97. The second-order valence-corrected chi connectivity index (χ2v) is 7.59. The Labute approximate surface area is 156 Å². The zero-order valence-electron chi connectivity index (χ0n) is 15.1. The van der Waals surface area contributed by atoms with E-state index in [-0.39, 0.29) is 23.6 Å². The number of fused-ring (bicyclic) bond motifs is 4. The van der Waals surface area contributed by atoms with Crippen LogP contribution in [0, 0.1) is 11.8 Å². The molecule has 2 aliphatic heterocycles. The number of benzene rings is 1. The standard InChI is InChI=1S/C20H22N4O3/c25-17(23-7-5-13-9-21-10-14(13)6-8-23)11-24-12-22-18-15-3-1-2-4-16(15)27-19(18)20(24)26/h1-4,12-14,21H,5-11H2/t13-,14+. The third-order valence-corrected chi connectivity index (χ3v) is 6.03. The summed E-state index contributed by atoms with van der Waals surface area (Å²) in [6.45, 7) is 3.64. The van der Waals surface area contributed by atoms with Crippen LogP contribution in [0.1, 0.15) is 12.8 Å². The number of para-hydroxylation sites is 1. The highest BCUT2D eigenvalue weighted by Gasteiger charge is 2.31. The SMILES string of the molecule is O=C(Cn1cnc2c(oc3ccccc32)c1=O)N1CC[C@@H]2CNC[C@@H]2CC1. The van der Waals surface area contributed by atoms with E-state index in [1.807, 2.05) is 29.2 Å². The van der Waals surface area contributed by atoms with E-state index in [1.54, 1.807) is 0 Å². The first-order valence-electron chi connectivity index (χ1n) is 9.56. The molecule has 2 saturated heterocycles. The van der Waals surface area contributed by atoms with Crippen molar-refractivity contribution in [1.82, 2.24) is 19.8 Å². The third-order valence-electron chi connectivity index (χ3n) is 6.03. The molecule has 140 valence electrons. The molecule has 27 heavy (non-hydrogen) atoms. The van der Waals surface area contributed by atoms with E-state index in [1.165, 1.54) is 10.9 Å². The number of carbonyl (C=O) groups is 1. The first-order chi connectivity index (χ1) is 13.2. The maximum atomic E-state index is 12.8. The van der Waals surface area contributed by atoms with Gasteiger partial charge in [0.15, 0.2) is 0 Å². The van der Waals surface area contributed by atoms with Crippen LogP contribution in [0.3, 0.4) is 0 Å². The Morgan fingerprint density at radius 1 is 1.19 bits per heavy atom. The number of amides is 1. The van der Waals surface area contributed by atoms with E-state index in [2.05, 4.69) is 10.3 Å². The number of rotatable bonds is 2. The normalized spacial score (nSPS) is 22.9. The molecule has 0 bridgehead atoms. The lowest BCUT2D eigenvalue weighted by Crippen LogP contribution is -2.37. The summed E-state index contributed by atoms with van der Waals surface area (Å²) in [4.78, 5) is 31.9. The Balaban J connectivity index is 1.39. The Morgan fingerprint density at radius 2 is 1.93 bits per heavy atom. The molecule has 7 nitrogen and oxygen atoms in total. The maximum Gasteiger partial charge on any atom is 0.297 e. The number of nitrogens with zero attached hydrogens (tertiary/aromatic N) is 3. The van der Waals surface area contributed by atoms with Gasteiger partial charge >= 0.3 is 0 Å². The predicted molar refractivity (Wildman–Crippen MR) is 101 cm³/mol. The van der Waals surface area contributed by atoms with Crippen LogP contribution in [0.4, 0.5) is 0 Å². The lowest BCUT2D eigenvalue weighted by Gasteiger charge is -2.21. The van der Waals surface area contributed by atoms with E-state index in [0.29, 0.717) is 22.9 Å². The highest BCUT2D eigenvalue weighted by Crippen LogP contribution is 2.27. The molecule has 1 aromatic carbocycles. The fourth-order valence-electron chi connectivity index (χ4n) is 4.44. The topological polar surface area (TPSA) is 80.4 Å². The third kappa shape index (κ3) is 2.82. The summed E-state index contributed by atoms with van der Waals surface area (Å²) in [5, 5.41) is 4.26. The van der Waals surface area contributed by atoms with Crippen LogP contribution < -0.4 is 10.9 Å². The number of hydrogen-bond donors (Lipinski definition) is 1. The molecule has 3 aromatic rings. The van der Waals surface area contributed by atoms with E-state index in [4.69, 9.17) is 4.42 Å². The molecule has 0 radical (unpaired) electrons. The monoisotopic (exact) mass is 366 g/mol. The van der Waals surface area contributed by atoms with Gasteiger partial charge in [-0.2, -0.15) is 0 Å². The van der Waals surface area contributed by atoms with Crippen molar-refractivity contribution in [1.29, 1.82) is 0 Å². The first kappa shape index (κ1) is 16.5. The number of nitrogens with one attached hydrogen (secondary N) is 1. The van der Waals surface area contributed by atoms with E-state index in [0.717, 1.165) is 44.4 Å². The average Bonchev–Trinajstić information content (AvgIpc) is 3.23. The van der Waals surface area contributed by atoms with Crippen molar-refractivity contribution in [3.8, 4) is 0 Å². The molecule has 0 saturated carbocycles. The Hall–Kier alpha value is -2.67. The number of carbonyl (C=O) groups excluding carboxylic acids is 1. The van der Waals surface area contributed by atoms with E-state index < -0.39 is 0 Å². The summed E-state index contributed by atoms with van der Waals surface area (Å²) in [5.74, 6) is 1.31. The Morgan fingerprint density at radius 3 is 2.70 bits per heavy atom. The minimum atomic E-state index is -0.305. The first-order valence-corrected chi connectivity index (χ1v) is 9.56. The summed E-state index contributed by atoms with van der Waals surface area (Å²) in [5.41, 5.74) is 1.09. The highest BCUT2D eigenvalue weighted by atomic mass is 16.3. The zero-order valence-corrected chi connectivity index (χ0v) is 15.1. The number of likely N-dealkylation sites (tertiary alicyclic amines) is 1. The van der Waals surface area contributed by atoms with E-state index >= 15 is 0 Å². The van der Waals surface area contributed by atoms with Crippen LogP contribution >= 0.6 is 0 Å². The van der Waals surface area contributed by atoms with Gasteiger partial charge in [0.2, 0.25) is 11.5 Å². The van der Waals surface area contributed by atoms with Gasteiger partial charge in [-0.05, 0) is 49.9 Å². The number of aromatic nitrogens is 2. The van der Waals surface area contributed by atoms with Crippen molar-refractivity contribution in [2.75, 3.05) is 26.2 Å². The minimum Gasteiger partial charge on any atom is -0.448 e. The van der Waals surface area contributed by atoms with Crippen molar-refractivity contribution < 1.29 is 9.21 Å². The predicted octanol–water partition coefficient (Wildman–Crippen LogP) is 1.60. The van der Waals surface area contributed by atoms with Gasteiger partial charge in [-0.3, -0.25) is 14.2 Å². The summed E-state index contributed by atoms with van der Waals surface area (Å²) in [6, 6.07) is 7.44. The van der Waals surface area contributed by atoms with Crippen LogP contribution in [0.5, 0.6) is 0 Å². The minimum absolute atomic E-state index is 0.00635. The van der Waals surface area contributed by atoms with Crippen molar-refractivity contribution in [3.05, 3.63) is 40.9 Å². The molecule has 1 N–H and O–H groups in total. The summed E-state index contributed by atoms with van der Waals surface area (Å²) < 4.78 is 7.05. The number of hydrogen-bond acceptors (Lipinski definition) is 5. The second-order valence-electron chi connectivity index (χ2n) is 7.59.